The van der Waals surface area contributed by atoms with Gasteiger partial charge in [0.15, 0.2) is 0 Å². The number of thiazole rings is 1. The van der Waals surface area contributed by atoms with E-state index in [1.807, 2.05) is 35.7 Å². The standard InChI is InChI=1S/C24H20N4OS2/c29-23(12-16-15-31-24(28-16)21-8-3-4-10-25-21)27-14-19(22-9-5-11-30-22)18-13-26-20-7-2-1-6-17(18)20/h1-11,13,15,19,26H,12,14H2,(H,27,29). The first-order chi connectivity index (χ1) is 15.3. The van der Waals surface area contributed by atoms with Gasteiger partial charge in [-0.15, -0.1) is 22.7 Å². The normalized spacial score (nSPS) is 12.1. The van der Waals surface area contributed by atoms with Gasteiger partial charge in [-0.1, -0.05) is 30.3 Å². The number of thiophene rings is 1. The number of benzene rings is 1. The van der Waals surface area contributed by atoms with E-state index in [1.165, 1.54) is 27.2 Å². The lowest BCUT2D eigenvalue weighted by molar-refractivity contribution is -0.120. The molecule has 0 radical (unpaired) electrons. The Labute approximate surface area is 187 Å². The van der Waals surface area contributed by atoms with Crippen molar-refractivity contribution < 1.29 is 4.79 Å². The Hall–Kier alpha value is -3.29. The summed E-state index contributed by atoms with van der Waals surface area (Å²) in [6.45, 7) is 0.540. The number of nitrogens with zero attached hydrogens (tertiary/aromatic N) is 2. The van der Waals surface area contributed by atoms with Crippen LogP contribution in [0.4, 0.5) is 0 Å². The molecule has 0 spiro atoms. The van der Waals surface area contributed by atoms with Crippen LogP contribution in [-0.2, 0) is 11.2 Å². The molecule has 4 aromatic heterocycles. The minimum Gasteiger partial charge on any atom is -0.361 e. The quantitative estimate of drug-likeness (QED) is 0.361. The van der Waals surface area contributed by atoms with Crippen LogP contribution in [0.15, 0.2) is 77.8 Å². The van der Waals surface area contributed by atoms with Crippen molar-refractivity contribution in [3.8, 4) is 10.7 Å². The van der Waals surface area contributed by atoms with E-state index < -0.39 is 0 Å². The molecule has 154 valence electrons. The van der Waals surface area contributed by atoms with Crippen LogP contribution in [0.5, 0.6) is 0 Å². The fourth-order valence-electron chi connectivity index (χ4n) is 3.67. The molecule has 1 unspecified atom stereocenters. The van der Waals surface area contributed by atoms with Gasteiger partial charge in [0.1, 0.15) is 5.01 Å². The van der Waals surface area contributed by atoms with Gasteiger partial charge in [-0.3, -0.25) is 9.78 Å². The van der Waals surface area contributed by atoms with Crippen molar-refractivity contribution in [1.29, 1.82) is 0 Å². The van der Waals surface area contributed by atoms with Gasteiger partial charge in [-0.05, 0) is 35.2 Å². The van der Waals surface area contributed by atoms with Gasteiger partial charge in [-0.2, -0.15) is 0 Å². The van der Waals surface area contributed by atoms with E-state index in [0.717, 1.165) is 21.9 Å². The number of carbonyl (C=O) groups is 1. The zero-order chi connectivity index (χ0) is 21.0. The number of hydrogen-bond donors (Lipinski definition) is 2. The first-order valence-electron chi connectivity index (χ1n) is 10.00. The van der Waals surface area contributed by atoms with Gasteiger partial charge >= 0.3 is 0 Å². The summed E-state index contributed by atoms with van der Waals surface area (Å²) in [7, 11) is 0. The summed E-state index contributed by atoms with van der Waals surface area (Å²) in [4.78, 5) is 26.2. The number of para-hydroxylation sites is 1. The monoisotopic (exact) mass is 444 g/mol. The van der Waals surface area contributed by atoms with Gasteiger partial charge < -0.3 is 10.3 Å². The maximum atomic E-state index is 12.7. The predicted octanol–water partition coefficient (Wildman–Crippen LogP) is 5.24. The van der Waals surface area contributed by atoms with Gasteiger partial charge in [0.2, 0.25) is 5.91 Å². The summed E-state index contributed by atoms with van der Waals surface area (Å²) in [5, 5.41) is 9.15. The van der Waals surface area contributed by atoms with E-state index in [9.17, 15) is 4.79 Å². The molecule has 0 fully saturated rings. The van der Waals surface area contributed by atoms with Crippen molar-refractivity contribution >= 4 is 39.5 Å². The number of fused-ring (bicyclic) bond motifs is 1. The smallest absolute Gasteiger partial charge is 0.226 e. The van der Waals surface area contributed by atoms with E-state index >= 15 is 0 Å². The summed E-state index contributed by atoms with van der Waals surface area (Å²) in [6.07, 6.45) is 4.06. The molecule has 4 heterocycles. The highest BCUT2D eigenvalue weighted by atomic mass is 32.1. The lowest BCUT2D eigenvalue weighted by Gasteiger charge is -2.16. The Bertz CT molecular complexity index is 1290. The topological polar surface area (TPSA) is 70.7 Å². The fourth-order valence-corrected chi connectivity index (χ4v) is 5.31. The van der Waals surface area contributed by atoms with Crippen molar-refractivity contribution in [2.24, 2.45) is 0 Å². The molecule has 0 saturated heterocycles. The lowest BCUT2D eigenvalue weighted by atomic mass is 9.96. The van der Waals surface area contributed by atoms with Crippen molar-refractivity contribution in [3.63, 3.8) is 0 Å². The fraction of sp³-hybridized carbons (Fsp3) is 0.125. The van der Waals surface area contributed by atoms with Crippen LogP contribution in [-0.4, -0.2) is 27.4 Å². The molecular weight excluding hydrogens is 424 g/mol. The summed E-state index contributed by atoms with van der Waals surface area (Å²) < 4.78 is 0. The highest BCUT2D eigenvalue weighted by molar-refractivity contribution is 7.13. The number of H-pyrrole nitrogens is 1. The second kappa shape index (κ2) is 8.83. The number of pyridine rings is 1. The molecule has 0 aliphatic heterocycles. The maximum absolute atomic E-state index is 12.7. The second-order valence-corrected chi connectivity index (χ2v) is 9.03. The molecule has 0 bridgehead atoms. The first kappa shape index (κ1) is 19.7. The molecule has 1 amide bonds. The predicted molar refractivity (Wildman–Crippen MR) is 127 cm³/mol. The third-order valence-electron chi connectivity index (χ3n) is 5.16. The number of hydrogen-bond acceptors (Lipinski definition) is 5. The van der Waals surface area contributed by atoms with Crippen molar-refractivity contribution in [2.75, 3.05) is 6.54 Å². The van der Waals surface area contributed by atoms with Crippen LogP contribution >= 0.6 is 22.7 Å². The highest BCUT2D eigenvalue weighted by Gasteiger charge is 2.20. The molecule has 31 heavy (non-hydrogen) atoms. The number of nitrogens with one attached hydrogen (secondary N) is 2. The summed E-state index contributed by atoms with van der Waals surface area (Å²) in [6, 6.07) is 18.2. The number of aromatic nitrogens is 3. The third kappa shape index (κ3) is 4.28. The van der Waals surface area contributed by atoms with Crippen LogP contribution in [0, 0.1) is 0 Å². The maximum Gasteiger partial charge on any atom is 0.226 e. The van der Waals surface area contributed by atoms with Crippen LogP contribution in [0.3, 0.4) is 0 Å². The SMILES string of the molecule is O=C(Cc1csc(-c2ccccn2)n1)NCC(c1cccs1)c1c[nH]c2ccccc12. The molecule has 1 aromatic carbocycles. The third-order valence-corrected chi connectivity index (χ3v) is 7.06. The molecule has 7 heteroatoms. The largest absolute Gasteiger partial charge is 0.361 e. The zero-order valence-electron chi connectivity index (χ0n) is 16.6. The van der Waals surface area contributed by atoms with E-state index in [2.05, 4.69) is 56.1 Å². The second-order valence-electron chi connectivity index (χ2n) is 7.20. The summed E-state index contributed by atoms with van der Waals surface area (Å²) in [5.41, 5.74) is 3.90. The number of aromatic amines is 1. The van der Waals surface area contributed by atoms with E-state index in [0.29, 0.717) is 6.54 Å². The van der Waals surface area contributed by atoms with Crippen molar-refractivity contribution in [1.82, 2.24) is 20.3 Å². The van der Waals surface area contributed by atoms with E-state index in [1.54, 1.807) is 17.5 Å². The van der Waals surface area contributed by atoms with E-state index in [-0.39, 0.29) is 18.2 Å². The van der Waals surface area contributed by atoms with Crippen molar-refractivity contribution in [3.05, 3.63) is 93.9 Å². The molecule has 0 saturated carbocycles. The van der Waals surface area contributed by atoms with Crippen LogP contribution < -0.4 is 5.32 Å². The van der Waals surface area contributed by atoms with Crippen LogP contribution in [0.25, 0.3) is 21.6 Å². The molecule has 5 rings (SSSR count). The number of carbonyl (C=O) groups excluding carboxylic acids is 1. The molecule has 0 aliphatic rings. The van der Waals surface area contributed by atoms with E-state index in [4.69, 9.17) is 0 Å². The Morgan fingerprint density at radius 2 is 1.97 bits per heavy atom. The molecule has 0 aliphatic carbocycles. The zero-order valence-corrected chi connectivity index (χ0v) is 18.2. The minimum atomic E-state index is -0.0285. The van der Waals surface area contributed by atoms with Crippen molar-refractivity contribution in [2.45, 2.75) is 12.3 Å². The van der Waals surface area contributed by atoms with Gasteiger partial charge in [0.05, 0.1) is 17.8 Å². The summed E-state index contributed by atoms with van der Waals surface area (Å²) in [5.74, 6) is 0.0684. The van der Waals surface area contributed by atoms with Gasteiger partial charge in [0, 0.05) is 46.0 Å². The van der Waals surface area contributed by atoms with Crippen LogP contribution in [0.1, 0.15) is 22.1 Å². The summed E-state index contributed by atoms with van der Waals surface area (Å²) >= 11 is 3.22. The Kier molecular flexibility index (Phi) is 5.60. The Morgan fingerprint density at radius 1 is 1.06 bits per heavy atom. The number of rotatable bonds is 7. The number of amides is 1. The average Bonchev–Trinajstić information content (AvgIpc) is 3.56. The lowest BCUT2D eigenvalue weighted by Crippen LogP contribution is -2.30. The minimum absolute atomic E-state index is 0.0285. The molecule has 5 nitrogen and oxygen atoms in total. The average molecular weight is 445 g/mol. The highest BCUT2D eigenvalue weighted by Crippen LogP contribution is 2.32. The molecule has 1 atom stereocenters. The molecular formula is C24H20N4OS2. The Balaban J connectivity index is 1.30. The molecule has 2 N–H and O–H groups in total. The first-order valence-corrected chi connectivity index (χ1v) is 11.8. The molecule has 5 aromatic rings. The van der Waals surface area contributed by atoms with Gasteiger partial charge in [0.25, 0.3) is 0 Å². The van der Waals surface area contributed by atoms with Crippen LogP contribution in [0.2, 0.25) is 0 Å². The van der Waals surface area contributed by atoms with Gasteiger partial charge in [-0.25, -0.2) is 4.98 Å². The Morgan fingerprint density at radius 3 is 2.81 bits per heavy atom.